The van der Waals surface area contributed by atoms with Crippen LogP contribution in [0.1, 0.15) is 62.8 Å². The Kier molecular flexibility index (Phi) is 8.50. The Bertz CT molecular complexity index is 2650. The Balaban J connectivity index is 1.25. The molecule has 0 radical (unpaired) electrons. The van der Waals surface area contributed by atoms with E-state index in [0.717, 1.165) is 44.7 Å². The van der Waals surface area contributed by atoms with Gasteiger partial charge in [0.2, 0.25) is 5.90 Å². The number of para-hydroxylation sites is 1. The molecule has 270 valence electrons. The van der Waals surface area contributed by atoms with Crippen LogP contribution in [-0.4, -0.2) is 27.1 Å². The molecule has 4 heteroatoms. The van der Waals surface area contributed by atoms with Gasteiger partial charge < -0.3 is 9.30 Å². The van der Waals surface area contributed by atoms with E-state index in [-0.39, 0.29) is 17.4 Å². The van der Waals surface area contributed by atoms with E-state index >= 15 is 0 Å². The van der Waals surface area contributed by atoms with Crippen molar-refractivity contribution in [1.29, 1.82) is 0 Å². The topological polar surface area (TPSA) is 39.4 Å². The minimum absolute atomic E-state index is 0.0196. The average Bonchev–Trinajstić information content (AvgIpc) is 3.71. The largest absolute Gasteiger partial charge is 0.469 e. The fourth-order valence-corrected chi connectivity index (χ4v) is 8.23. The molecule has 0 aliphatic carbocycles. The first-order valence-electron chi connectivity index (χ1n) is 19.2. The van der Waals surface area contributed by atoms with Crippen LogP contribution in [0.5, 0.6) is 0 Å². The third-order valence-corrected chi connectivity index (χ3v) is 11.1. The third-order valence-electron chi connectivity index (χ3n) is 11.1. The monoisotopic (exact) mass is 715 g/mol. The molecule has 0 N–H and O–H groups in total. The number of aliphatic imine (C=N–C) groups is 1. The van der Waals surface area contributed by atoms with Gasteiger partial charge in [-0.1, -0.05) is 142 Å². The molecule has 0 spiro atoms. The van der Waals surface area contributed by atoms with Crippen LogP contribution in [0, 0.1) is 0 Å². The van der Waals surface area contributed by atoms with Gasteiger partial charge in [-0.15, -0.1) is 0 Å². The van der Waals surface area contributed by atoms with E-state index in [2.05, 4.69) is 203 Å². The summed E-state index contributed by atoms with van der Waals surface area (Å²) < 4.78 is 9.35. The Morgan fingerprint density at radius 1 is 0.582 bits per heavy atom. The molecular formula is C51H45N3O. The van der Waals surface area contributed by atoms with Crippen molar-refractivity contribution in [2.45, 2.75) is 57.6 Å². The number of aromatic nitrogens is 2. The number of hydrogen-bond donors (Lipinski definition) is 0. The van der Waals surface area contributed by atoms with Crippen LogP contribution in [0.3, 0.4) is 0 Å². The molecule has 8 aromatic rings. The summed E-state index contributed by atoms with van der Waals surface area (Å²) in [6, 6.07) is 58.5. The van der Waals surface area contributed by atoms with Gasteiger partial charge in [0, 0.05) is 39.7 Å². The van der Waals surface area contributed by atoms with E-state index in [1.54, 1.807) is 0 Å². The SMILES string of the molecule is CC(C)(C)c1ccnc(-c2ccc3c4ccccc4n(-c4cc(C5=N[C@H](C(c6ccccc6)c6ccccc6)C(C)(C)O5)cc(-c5ccccc5)c4)c3c2)c1. The second-order valence-corrected chi connectivity index (χ2v) is 16.3. The van der Waals surface area contributed by atoms with E-state index in [4.69, 9.17) is 14.7 Å². The lowest BCUT2D eigenvalue weighted by Crippen LogP contribution is -2.38. The van der Waals surface area contributed by atoms with Crippen molar-refractivity contribution in [3.05, 3.63) is 192 Å². The predicted octanol–water partition coefficient (Wildman–Crippen LogP) is 12.6. The number of rotatable bonds is 7. The predicted molar refractivity (Wildman–Crippen MR) is 228 cm³/mol. The molecule has 6 aromatic carbocycles. The Labute approximate surface area is 323 Å². The molecule has 2 aromatic heterocycles. The summed E-state index contributed by atoms with van der Waals surface area (Å²) in [5.74, 6) is 0.684. The molecule has 3 heterocycles. The quantitative estimate of drug-likeness (QED) is 0.165. The number of nitrogens with zero attached hydrogens (tertiary/aromatic N) is 3. The molecule has 0 saturated heterocycles. The van der Waals surface area contributed by atoms with E-state index in [0.29, 0.717) is 5.90 Å². The summed E-state index contributed by atoms with van der Waals surface area (Å²) in [7, 11) is 0. The third kappa shape index (κ3) is 6.42. The molecule has 0 unspecified atom stereocenters. The van der Waals surface area contributed by atoms with Gasteiger partial charge in [-0.05, 0) is 89.5 Å². The van der Waals surface area contributed by atoms with Gasteiger partial charge in [0.15, 0.2) is 0 Å². The Hall–Kier alpha value is -6.26. The number of ether oxygens (including phenoxy) is 1. The Morgan fingerprint density at radius 3 is 1.89 bits per heavy atom. The second kappa shape index (κ2) is 13.5. The lowest BCUT2D eigenvalue weighted by Gasteiger charge is -2.32. The fourth-order valence-electron chi connectivity index (χ4n) is 8.23. The molecule has 0 amide bonds. The van der Waals surface area contributed by atoms with Crippen LogP contribution in [0.4, 0.5) is 0 Å². The maximum atomic E-state index is 6.96. The summed E-state index contributed by atoms with van der Waals surface area (Å²) in [5, 5.41) is 2.40. The molecule has 1 aliphatic rings. The standard InChI is InChI=1S/C51H45N3O/c1-50(2,3)40-27-28-52-44(33-40)37-25-26-43-42-23-15-16-24-45(42)54(46(43)32-37)41-30-38(34-17-9-6-10-18-34)29-39(31-41)49-53-48(51(4,5)55-49)47(35-19-11-7-12-20-35)36-21-13-8-14-22-36/h6-33,47-48H,1-5H3/t48-/m1/s1. The molecule has 0 saturated carbocycles. The highest BCUT2D eigenvalue weighted by Crippen LogP contribution is 2.42. The summed E-state index contributed by atoms with van der Waals surface area (Å²) in [6.07, 6.45) is 1.93. The summed E-state index contributed by atoms with van der Waals surface area (Å²) in [4.78, 5) is 10.3. The summed E-state index contributed by atoms with van der Waals surface area (Å²) in [6.45, 7) is 11.1. The van der Waals surface area contributed by atoms with Crippen LogP contribution in [0.15, 0.2) is 175 Å². The zero-order valence-corrected chi connectivity index (χ0v) is 32.1. The number of pyridine rings is 1. The zero-order valence-electron chi connectivity index (χ0n) is 32.1. The van der Waals surface area contributed by atoms with Gasteiger partial charge in [-0.2, -0.15) is 0 Å². The fraction of sp³-hybridized carbons (Fsp3) is 0.176. The molecule has 55 heavy (non-hydrogen) atoms. The van der Waals surface area contributed by atoms with Crippen molar-refractivity contribution in [3.63, 3.8) is 0 Å². The van der Waals surface area contributed by atoms with Crippen molar-refractivity contribution in [3.8, 4) is 28.1 Å². The zero-order chi connectivity index (χ0) is 37.7. The average molecular weight is 716 g/mol. The van der Waals surface area contributed by atoms with Gasteiger partial charge in [-0.3, -0.25) is 4.98 Å². The normalized spacial score (nSPS) is 15.4. The van der Waals surface area contributed by atoms with Crippen molar-refractivity contribution < 1.29 is 4.74 Å². The highest BCUT2D eigenvalue weighted by atomic mass is 16.5. The molecular weight excluding hydrogens is 671 g/mol. The van der Waals surface area contributed by atoms with E-state index in [1.807, 2.05) is 6.20 Å². The van der Waals surface area contributed by atoms with Crippen LogP contribution in [0.25, 0.3) is 49.9 Å². The first-order valence-corrected chi connectivity index (χ1v) is 19.2. The van der Waals surface area contributed by atoms with Crippen molar-refractivity contribution in [2.75, 3.05) is 0 Å². The van der Waals surface area contributed by atoms with Crippen molar-refractivity contribution in [1.82, 2.24) is 9.55 Å². The van der Waals surface area contributed by atoms with Gasteiger partial charge in [-0.25, -0.2) is 4.99 Å². The van der Waals surface area contributed by atoms with Gasteiger partial charge in [0.25, 0.3) is 0 Å². The van der Waals surface area contributed by atoms with Crippen LogP contribution in [-0.2, 0) is 10.2 Å². The maximum Gasteiger partial charge on any atom is 0.217 e. The summed E-state index contributed by atoms with van der Waals surface area (Å²) >= 11 is 0. The smallest absolute Gasteiger partial charge is 0.217 e. The molecule has 1 aliphatic heterocycles. The van der Waals surface area contributed by atoms with Crippen LogP contribution >= 0.6 is 0 Å². The minimum Gasteiger partial charge on any atom is -0.469 e. The molecule has 1 atom stereocenters. The number of fused-ring (bicyclic) bond motifs is 3. The molecule has 4 nitrogen and oxygen atoms in total. The number of hydrogen-bond acceptors (Lipinski definition) is 3. The lowest BCUT2D eigenvalue weighted by molar-refractivity contribution is 0.0916. The molecule has 0 fully saturated rings. The van der Waals surface area contributed by atoms with Gasteiger partial charge >= 0.3 is 0 Å². The van der Waals surface area contributed by atoms with E-state index in [1.165, 1.54) is 27.5 Å². The van der Waals surface area contributed by atoms with E-state index < -0.39 is 5.60 Å². The van der Waals surface area contributed by atoms with Crippen molar-refractivity contribution >= 4 is 27.7 Å². The first-order chi connectivity index (χ1) is 26.6. The second-order valence-electron chi connectivity index (χ2n) is 16.3. The van der Waals surface area contributed by atoms with Gasteiger partial charge in [0.1, 0.15) is 11.6 Å². The Morgan fingerprint density at radius 2 is 1.20 bits per heavy atom. The number of benzene rings is 6. The van der Waals surface area contributed by atoms with Crippen LogP contribution < -0.4 is 0 Å². The highest BCUT2D eigenvalue weighted by Gasteiger charge is 2.45. The van der Waals surface area contributed by atoms with Crippen LogP contribution in [0.2, 0.25) is 0 Å². The highest BCUT2D eigenvalue weighted by molar-refractivity contribution is 6.10. The van der Waals surface area contributed by atoms with Gasteiger partial charge in [0.05, 0.1) is 16.7 Å². The molecule has 0 bridgehead atoms. The summed E-state index contributed by atoms with van der Waals surface area (Å²) in [5.41, 5.74) is 11.7. The lowest BCUT2D eigenvalue weighted by atomic mass is 9.79. The van der Waals surface area contributed by atoms with E-state index in [9.17, 15) is 0 Å². The first kappa shape index (κ1) is 34.5. The maximum absolute atomic E-state index is 6.96. The van der Waals surface area contributed by atoms with Crippen molar-refractivity contribution in [2.24, 2.45) is 4.99 Å². The minimum atomic E-state index is -0.565. The molecule has 9 rings (SSSR count).